The summed E-state index contributed by atoms with van der Waals surface area (Å²) in [5.41, 5.74) is -1.53. The molecule has 3 heterocycles. The largest absolute Gasteiger partial charge is 0.445 e. The number of carbonyl (C=O) groups is 3. The Kier molecular flexibility index (Phi) is 8.62. The molecule has 7 heteroatoms. The zero-order valence-corrected chi connectivity index (χ0v) is 19.3. The Bertz CT molecular complexity index is 653. The first-order chi connectivity index (χ1) is 14.1. The van der Waals surface area contributed by atoms with E-state index in [9.17, 15) is 14.4 Å². The average Bonchev–Trinajstić information content (AvgIpc) is 2.63. The lowest BCUT2D eigenvalue weighted by atomic mass is 9.80. The second kappa shape index (κ2) is 10.5. The third kappa shape index (κ3) is 6.14. The molecule has 0 aromatic heterocycles. The van der Waals surface area contributed by atoms with Crippen LogP contribution >= 0.6 is 0 Å². The highest BCUT2D eigenvalue weighted by molar-refractivity contribution is 5.95. The number of amides is 1. The maximum atomic E-state index is 13.2. The van der Waals surface area contributed by atoms with E-state index >= 15 is 0 Å². The normalized spacial score (nSPS) is 29.5. The van der Waals surface area contributed by atoms with Gasteiger partial charge in [0.25, 0.3) is 0 Å². The molecule has 1 atom stereocenters. The van der Waals surface area contributed by atoms with Gasteiger partial charge in [-0.25, -0.2) is 4.79 Å². The summed E-state index contributed by atoms with van der Waals surface area (Å²) >= 11 is 0. The van der Waals surface area contributed by atoms with E-state index in [0.717, 1.165) is 32.1 Å². The lowest BCUT2D eigenvalue weighted by Gasteiger charge is -2.49. The van der Waals surface area contributed by atoms with Gasteiger partial charge in [-0.1, -0.05) is 38.8 Å². The highest BCUT2D eigenvalue weighted by atomic mass is 16.6. The Morgan fingerprint density at radius 2 is 1.83 bits per heavy atom. The van der Waals surface area contributed by atoms with Crippen molar-refractivity contribution in [3.63, 3.8) is 0 Å². The van der Waals surface area contributed by atoms with Crippen LogP contribution in [0.4, 0.5) is 4.79 Å². The third-order valence-corrected chi connectivity index (χ3v) is 6.00. The maximum absolute atomic E-state index is 13.2. The molecule has 1 saturated heterocycles. The molecule has 0 saturated carbocycles. The first-order valence-corrected chi connectivity index (χ1v) is 11.3. The van der Waals surface area contributed by atoms with Crippen molar-refractivity contribution >= 4 is 17.7 Å². The van der Waals surface area contributed by atoms with Crippen LogP contribution in [0.3, 0.4) is 0 Å². The molecule has 1 fully saturated rings. The van der Waals surface area contributed by atoms with Gasteiger partial charge in [0.05, 0.1) is 25.2 Å². The lowest BCUT2D eigenvalue weighted by Crippen LogP contribution is -2.75. The van der Waals surface area contributed by atoms with Gasteiger partial charge in [-0.3, -0.25) is 14.9 Å². The first-order valence-electron chi connectivity index (χ1n) is 11.3. The molecule has 170 valence electrons. The van der Waals surface area contributed by atoms with Crippen molar-refractivity contribution in [2.75, 3.05) is 26.2 Å². The highest BCUT2D eigenvalue weighted by Gasteiger charge is 2.52. The van der Waals surface area contributed by atoms with E-state index in [-0.39, 0.29) is 49.8 Å². The standard InChI is InChI=1S/C23H39N3O4/c1-17(2)20(28)23-15-26(16-23)21(29)30-13-11-9-7-6-8-10-12-22(5,25-18(3)4)19(27)14-24-23/h9,11,17-18,24-25H,6-8,10,12-16H2,1-5H3/t22-/m1/s1. The van der Waals surface area contributed by atoms with Crippen molar-refractivity contribution in [3.8, 4) is 0 Å². The lowest BCUT2D eigenvalue weighted by molar-refractivity contribution is -0.136. The van der Waals surface area contributed by atoms with E-state index < -0.39 is 17.2 Å². The van der Waals surface area contributed by atoms with Crippen molar-refractivity contribution in [2.45, 2.75) is 83.8 Å². The molecule has 7 nitrogen and oxygen atoms in total. The number of nitrogens with zero attached hydrogens (tertiary/aromatic N) is 1. The fourth-order valence-electron chi connectivity index (χ4n) is 4.33. The minimum Gasteiger partial charge on any atom is -0.445 e. The molecular weight excluding hydrogens is 382 g/mol. The molecule has 2 bridgehead atoms. The number of hydrogen-bond acceptors (Lipinski definition) is 6. The van der Waals surface area contributed by atoms with Crippen LogP contribution in [0.1, 0.15) is 66.7 Å². The van der Waals surface area contributed by atoms with Crippen LogP contribution in [0.5, 0.6) is 0 Å². The molecule has 0 aromatic rings. The van der Waals surface area contributed by atoms with E-state index in [1.54, 1.807) is 0 Å². The topological polar surface area (TPSA) is 87.7 Å². The number of carbonyl (C=O) groups excluding carboxylic acids is 3. The number of allylic oxidation sites excluding steroid dienone is 1. The van der Waals surface area contributed by atoms with Gasteiger partial charge in [0.1, 0.15) is 12.1 Å². The Balaban J connectivity index is 2.19. The van der Waals surface area contributed by atoms with Crippen LogP contribution in [0.2, 0.25) is 0 Å². The van der Waals surface area contributed by atoms with Gasteiger partial charge in [0.2, 0.25) is 0 Å². The molecule has 30 heavy (non-hydrogen) atoms. The van der Waals surface area contributed by atoms with Gasteiger partial charge in [-0.05, 0) is 40.0 Å². The number of ether oxygens (including phenoxy) is 1. The minimum atomic E-state index is -0.884. The van der Waals surface area contributed by atoms with Gasteiger partial charge < -0.3 is 15.0 Å². The number of ketones is 2. The summed E-state index contributed by atoms with van der Waals surface area (Å²) < 4.78 is 5.28. The van der Waals surface area contributed by atoms with Gasteiger partial charge in [-0.15, -0.1) is 0 Å². The third-order valence-electron chi connectivity index (χ3n) is 6.00. The Morgan fingerprint density at radius 1 is 1.13 bits per heavy atom. The van der Waals surface area contributed by atoms with Gasteiger partial charge in [-0.2, -0.15) is 0 Å². The summed E-state index contributed by atoms with van der Waals surface area (Å²) in [6.45, 7) is 10.5. The Hall–Kier alpha value is -1.73. The van der Waals surface area contributed by atoms with Gasteiger partial charge in [0.15, 0.2) is 11.6 Å². The molecule has 0 unspecified atom stereocenters. The summed E-state index contributed by atoms with van der Waals surface area (Å²) in [7, 11) is 0. The summed E-state index contributed by atoms with van der Waals surface area (Å²) in [5, 5.41) is 6.68. The van der Waals surface area contributed by atoms with Crippen molar-refractivity contribution in [3.05, 3.63) is 12.2 Å². The zero-order chi connectivity index (χ0) is 22.4. The van der Waals surface area contributed by atoms with Crippen molar-refractivity contribution in [2.24, 2.45) is 5.92 Å². The molecule has 1 amide bonds. The zero-order valence-electron chi connectivity index (χ0n) is 19.3. The van der Waals surface area contributed by atoms with E-state index in [0.29, 0.717) is 0 Å². The van der Waals surface area contributed by atoms with E-state index in [2.05, 4.69) is 10.6 Å². The van der Waals surface area contributed by atoms with Crippen LogP contribution in [-0.2, 0) is 14.3 Å². The van der Waals surface area contributed by atoms with E-state index in [1.807, 2.05) is 46.8 Å². The van der Waals surface area contributed by atoms with E-state index in [1.165, 1.54) is 4.90 Å². The monoisotopic (exact) mass is 421 g/mol. The van der Waals surface area contributed by atoms with Crippen LogP contribution in [-0.4, -0.2) is 65.9 Å². The second-order valence-corrected chi connectivity index (χ2v) is 9.51. The van der Waals surface area contributed by atoms with Gasteiger partial charge in [0, 0.05) is 12.0 Å². The highest BCUT2D eigenvalue weighted by Crippen LogP contribution is 2.27. The van der Waals surface area contributed by atoms with Crippen molar-refractivity contribution < 1.29 is 19.1 Å². The SMILES string of the molecule is CC(C)N[C@]1(C)CCCCCC=CCOC(=O)N2CC(C(=O)C(C)C)(C2)NCC1=O. The summed E-state index contributed by atoms with van der Waals surface area (Å²) in [4.78, 5) is 39.9. The quantitative estimate of drug-likeness (QED) is 0.679. The van der Waals surface area contributed by atoms with Crippen LogP contribution in [0.15, 0.2) is 12.2 Å². The first kappa shape index (κ1) is 24.5. The molecule has 0 spiro atoms. The summed E-state index contributed by atoms with van der Waals surface area (Å²) in [6, 6.07) is 0.177. The van der Waals surface area contributed by atoms with Crippen LogP contribution in [0, 0.1) is 5.92 Å². The molecular formula is C23H39N3O4. The maximum Gasteiger partial charge on any atom is 0.410 e. The summed E-state index contributed by atoms with van der Waals surface area (Å²) in [6.07, 6.45) is 8.19. The molecule has 0 radical (unpaired) electrons. The minimum absolute atomic E-state index is 0.0238. The number of Topliss-reactive ketones (excluding diaryl/α,β-unsaturated/α-hetero) is 2. The fourth-order valence-corrected chi connectivity index (χ4v) is 4.33. The molecule has 3 aliphatic heterocycles. The Labute approximate surface area is 181 Å². The predicted octanol–water partition coefficient (Wildman–Crippen LogP) is 2.84. The van der Waals surface area contributed by atoms with Crippen LogP contribution < -0.4 is 10.6 Å². The van der Waals surface area contributed by atoms with Crippen molar-refractivity contribution in [1.82, 2.24) is 15.5 Å². The predicted molar refractivity (Wildman–Crippen MR) is 117 cm³/mol. The van der Waals surface area contributed by atoms with Crippen molar-refractivity contribution in [1.29, 1.82) is 0 Å². The average molecular weight is 422 g/mol. The van der Waals surface area contributed by atoms with Gasteiger partial charge >= 0.3 is 6.09 Å². The fraction of sp³-hybridized carbons (Fsp3) is 0.783. The second-order valence-electron chi connectivity index (χ2n) is 9.51. The number of fused-ring (bicyclic) bond motifs is 12. The molecule has 3 rings (SSSR count). The molecule has 0 aliphatic carbocycles. The van der Waals surface area contributed by atoms with Crippen LogP contribution in [0.25, 0.3) is 0 Å². The molecule has 3 aliphatic rings. The Morgan fingerprint density at radius 3 is 2.47 bits per heavy atom. The number of nitrogens with one attached hydrogen (secondary N) is 2. The number of hydrogen-bond donors (Lipinski definition) is 2. The number of rotatable bonds is 4. The molecule has 2 N–H and O–H groups in total. The van der Waals surface area contributed by atoms with E-state index in [4.69, 9.17) is 4.74 Å². The molecule has 0 aromatic carbocycles. The smallest absolute Gasteiger partial charge is 0.410 e. The summed E-state index contributed by atoms with van der Waals surface area (Å²) in [5.74, 6) is -0.115.